The average Bonchev–Trinajstić information content (AvgIpc) is 2.58. The van der Waals surface area contributed by atoms with Gasteiger partial charge in [0, 0.05) is 30.8 Å². The Morgan fingerprint density at radius 3 is 2.67 bits per heavy atom. The monoisotopic (exact) mass is 338 g/mol. The summed E-state index contributed by atoms with van der Waals surface area (Å²) in [6, 6.07) is 2.61. The molecule has 2 atom stereocenters. The number of ether oxygens (including phenoxy) is 2. The zero-order valence-electron chi connectivity index (χ0n) is 14.9. The van der Waals surface area contributed by atoms with Gasteiger partial charge in [-0.1, -0.05) is 6.92 Å². The van der Waals surface area contributed by atoms with Gasteiger partial charge in [-0.2, -0.15) is 0 Å². The Morgan fingerprint density at radius 1 is 1.38 bits per heavy atom. The van der Waals surface area contributed by atoms with Crippen molar-refractivity contribution in [3.8, 4) is 11.5 Å². The molecule has 1 heterocycles. The first kappa shape index (κ1) is 18.5. The highest BCUT2D eigenvalue weighted by atomic mass is 19.1. The molecule has 2 rings (SSSR count). The molecule has 134 valence electrons. The van der Waals surface area contributed by atoms with Gasteiger partial charge in [-0.25, -0.2) is 4.39 Å². The van der Waals surface area contributed by atoms with Crippen molar-refractivity contribution in [3.05, 3.63) is 23.5 Å². The van der Waals surface area contributed by atoms with Crippen molar-refractivity contribution in [1.82, 2.24) is 10.2 Å². The van der Waals surface area contributed by atoms with Crippen molar-refractivity contribution >= 4 is 5.91 Å². The van der Waals surface area contributed by atoms with Gasteiger partial charge in [0.25, 0.3) is 0 Å². The zero-order valence-corrected chi connectivity index (χ0v) is 14.9. The summed E-state index contributed by atoms with van der Waals surface area (Å²) >= 11 is 0. The maximum absolute atomic E-state index is 14.3. The van der Waals surface area contributed by atoms with Crippen LogP contribution in [0.2, 0.25) is 0 Å². The minimum atomic E-state index is -0.383. The van der Waals surface area contributed by atoms with E-state index in [-0.39, 0.29) is 24.3 Å². The van der Waals surface area contributed by atoms with Gasteiger partial charge in [0.05, 0.1) is 20.8 Å². The fraction of sp³-hybridized carbons (Fsp3) is 0.611. The number of hydrogen-bond acceptors (Lipinski definition) is 4. The highest BCUT2D eigenvalue weighted by Gasteiger charge is 2.22. The minimum Gasteiger partial charge on any atom is -0.493 e. The molecular formula is C18H27FN2O3. The summed E-state index contributed by atoms with van der Waals surface area (Å²) in [5, 5.41) is 3.11. The third-order valence-corrected chi connectivity index (χ3v) is 4.54. The number of hydrogen-bond donors (Lipinski definition) is 1. The van der Waals surface area contributed by atoms with Crippen molar-refractivity contribution in [3.63, 3.8) is 0 Å². The summed E-state index contributed by atoms with van der Waals surface area (Å²) in [5.74, 6) is 1.05. The zero-order chi connectivity index (χ0) is 17.7. The fourth-order valence-corrected chi connectivity index (χ4v) is 3.08. The molecule has 1 aromatic rings. The van der Waals surface area contributed by atoms with E-state index in [4.69, 9.17) is 9.47 Å². The van der Waals surface area contributed by atoms with Crippen LogP contribution in [-0.2, 0) is 4.79 Å². The summed E-state index contributed by atoms with van der Waals surface area (Å²) in [4.78, 5) is 14.2. The van der Waals surface area contributed by atoms with Crippen LogP contribution in [0.25, 0.3) is 0 Å². The number of nitrogens with one attached hydrogen (secondary N) is 1. The summed E-state index contributed by atoms with van der Waals surface area (Å²) in [6.07, 6.45) is 2.22. The molecule has 0 unspecified atom stereocenters. The first-order valence-electron chi connectivity index (χ1n) is 8.38. The first-order chi connectivity index (χ1) is 11.5. The van der Waals surface area contributed by atoms with Gasteiger partial charge in [-0.05, 0) is 31.7 Å². The van der Waals surface area contributed by atoms with Crippen LogP contribution in [0.4, 0.5) is 4.39 Å². The number of methoxy groups -OCH3 is 2. The predicted octanol–water partition coefficient (Wildman–Crippen LogP) is 2.75. The van der Waals surface area contributed by atoms with Gasteiger partial charge in [-0.15, -0.1) is 0 Å². The molecule has 6 heteroatoms. The van der Waals surface area contributed by atoms with E-state index in [0.717, 1.165) is 19.5 Å². The maximum atomic E-state index is 14.3. The Balaban J connectivity index is 1.99. The highest BCUT2D eigenvalue weighted by Crippen LogP contribution is 2.32. The van der Waals surface area contributed by atoms with Crippen LogP contribution in [0.15, 0.2) is 12.1 Å². The molecule has 0 aliphatic carbocycles. The van der Waals surface area contributed by atoms with Gasteiger partial charge in [0.1, 0.15) is 5.82 Å². The predicted molar refractivity (Wildman–Crippen MR) is 90.9 cm³/mol. The number of benzene rings is 1. The van der Waals surface area contributed by atoms with Crippen LogP contribution in [-0.4, -0.2) is 44.7 Å². The summed E-state index contributed by atoms with van der Waals surface area (Å²) in [6.45, 7) is 5.80. The first-order valence-corrected chi connectivity index (χ1v) is 8.38. The van der Waals surface area contributed by atoms with Crippen molar-refractivity contribution in [1.29, 1.82) is 0 Å². The lowest BCUT2D eigenvalue weighted by molar-refractivity contribution is -0.132. The topological polar surface area (TPSA) is 50.8 Å². The van der Waals surface area contributed by atoms with Gasteiger partial charge in [-0.3, -0.25) is 4.79 Å². The standard InChI is InChI=1S/C18H27FN2O3/c1-12-6-5-7-21(11-12)18(22)10-20-13(2)14-8-16(23-3)17(24-4)9-15(14)19/h8-9,12-13,20H,5-7,10-11H2,1-4H3/t12-,13+/m0/s1. The summed E-state index contributed by atoms with van der Waals surface area (Å²) < 4.78 is 24.6. The average molecular weight is 338 g/mol. The molecule has 5 nitrogen and oxygen atoms in total. The molecule has 0 bridgehead atoms. The van der Waals surface area contributed by atoms with E-state index < -0.39 is 0 Å². The van der Waals surface area contributed by atoms with Crippen molar-refractivity contribution < 1.29 is 18.7 Å². The van der Waals surface area contributed by atoms with Gasteiger partial charge in [0.2, 0.25) is 5.91 Å². The van der Waals surface area contributed by atoms with Gasteiger partial charge in [0.15, 0.2) is 11.5 Å². The van der Waals surface area contributed by atoms with Crippen molar-refractivity contribution in [2.24, 2.45) is 5.92 Å². The molecule has 1 amide bonds. The van der Waals surface area contributed by atoms with E-state index in [1.165, 1.54) is 26.7 Å². The Kier molecular flexibility index (Phi) is 6.43. The van der Waals surface area contributed by atoms with E-state index in [2.05, 4.69) is 12.2 Å². The number of carbonyl (C=O) groups excluding carboxylic acids is 1. The van der Waals surface area contributed by atoms with E-state index >= 15 is 0 Å². The number of rotatable bonds is 6. The van der Waals surface area contributed by atoms with Gasteiger partial charge >= 0.3 is 0 Å². The third-order valence-electron chi connectivity index (χ3n) is 4.54. The second kappa shape index (κ2) is 8.33. The van der Waals surface area contributed by atoms with Crippen LogP contribution in [0.5, 0.6) is 11.5 Å². The third kappa shape index (κ3) is 4.38. The molecule has 24 heavy (non-hydrogen) atoms. The van der Waals surface area contributed by atoms with Crippen LogP contribution in [0.1, 0.15) is 38.3 Å². The van der Waals surface area contributed by atoms with E-state index in [1.807, 2.05) is 11.8 Å². The van der Waals surface area contributed by atoms with Crippen LogP contribution in [0.3, 0.4) is 0 Å². The molecule has 1 fully saturated rings. The molecular weight excluding hydrogens is 311 g/mol. The number of likely N-dealkylation sites (tertiary alicyclic amines) is 1. The molecule has 0 aromatic heterocycles. The second-order valence-electron chi connectivity index (χ2n) is 6.42. The Labute approximate surface area is 143 Å². The van der Waals surface area contributed by atoms with E-state index in [1.54, 1.807) is 6.07 Å². The lowest BCUT2D eigenvalue weighted by Gasteiger charge is -2.31. The van der Waals surface area contributed by atoms with Crippen LogP contribution in [0, 0.1) is 11.7 Å². The van der Waals surface area contributed by atoms with Crippen LogP contribution < -0.4 is 14.8 Å². The minimum absolute atomic E-state index is 0.0642. The van der Waals surface area contributed by atoms with E-state index in [0.29, 0.717) is 23.0 Å². The maximum Gasteiger partial charge on any atom is 0.236 e. The van der Waals surface area contributed by atoms with Crippen LogP contribution >= 0.6 is 0 Å². The molecule has 1 aromatic carbocycles. The van der Waals surface area contributed by atoms with Crippen molar-refractivity contribution in [2.45, 2.75) is 32.7 Å². The molecule has 1 aliphatic rings. The quantitative estimate of drug-likeness (QED) is 0.866. The molecule has 0 radical (unpaired) electrons. The number of amides is 1. The molecule has 1 aliphatic heterocycles. The Morgan fingerprint density at radius 2 is 2.04 bits per heavy atom. The SMILES string of the molecule is COc1cc(F)c([C@@H](C)NCC(=O)N2CCC[C@H](C)C2)cc1OC. The molecule has 0 saturated carbocycles. The number of halogens is 1. The molecule has 0 spiro atoms. The summed E-state index contributed by atoms with van der Waals surface area (Å²) in [5.41, 5.74) is 0.451. The largest absolute Gasteiger partial charge is 0.493 e. The lowest BCUT2D eigenvalue weighted by atomic mass is 10.0. The Hall–Kier alpha value is -1.82. The fourth-order valence-electron chi connectivity index (χ4n) is 3.08. The van der Waals surface area contributed by atoms with Gasteiger partial charge < -0.3 is 19.7 Å². The number of nitrogens with zero attached hydrogens (tertiary/aromatic N) is 1. The Bertz CT molecular complexity index is 580. The normalized spacial score (nSPS) is 19.0. The highest BCUT2D eigenvalue weighted by molar-refractivity contribution is 5.78. The molecule has 1 saturated heterocycles. The van der Waals surface area contributed by atoms with Crippen molar-refractivity contribution in [2.75, 3.05) is 33.9 Å². The van der Waals surface area contributed by atoms with E-state index in [9.17, 15) is 9.18 Å². The lowest BCUT2D eigenvalue weighted by Crippen LogP contribution is -2.43. The number of carbonyl (C=O) groups is 1. The molecule has 1 N–H and O–H groups in total. The summed E-state index contributed by atoms with van der Waals surface area (Å²) in [7, 11) is 2.98. The smallest absolute Gasteiger partial charge is 0.236 e. The second-order valence-corrected chi connectivity index (χ2v) is 6.42. The number of piperidine rings is 1.